The van der Waals surface area contributed by atoms with Gasteiger partial charge in [-0.3, -0.25) is 30.6 Å². The van der Waals surface area contributed by atoms with Gasteiger partial charge in [0.1, 0.15) is 5.75 Å². The molecular formula is C23H27BrN4O4S. The van der Waals surface area contributed by atoms with E-state index in [1.807, 2.05) is 27.7 Å². The minimum absolute atomic E-state index is 0.00111. The lowest BCUT2D eigenvalue weighted by molar-refractivity contribution is -0.116. The predicted molar refractivity (Wildman–Crippen MR) is 135 cm³/mol. The second kappa shape index (κ2) is 12.3. The molecule has 0 saturated carbocycles. The van der Waals surface area contributed by atoms with Gasteiger partial charge in [-0.05, 0) is 90.4 Å². The van der Waals surface area contributed by atoms with Crippen LogP contribution in [0.3, 0.4) is 0 Å². The molecule has 0 aliphatic carbocycles. The lowest BCUT2D eigenvalue weighted by Crippen LogP contribution is -2.48. The Hall–Kier alpha value is -2.98. The zero-order valence-corrected chi connectivity index (χ0v) is 21.2. The van der Waals surface area contributed by atoms with Crippen LogP contribution in [-0.4, -0.2) is 28.9 Å². The third kappa shape index (κ3) is 8.82. The van der Waals surface area contributed by atoms with Gasteiger partial charge in [-0.15, -0.1) is 0 Å². The van der Waals surface area contributed by atoms with Crippen molar-refractivity contribution in [2.75, 3.05) is 5.32 Å². The Balaban J connectivity index is 1.85. The zero-order valence-electron chi connectivity index (χ0n) is 18.8. The summed E-state index contributed by atoms with van der Waals surface area (Å²) in [5.41, 5.74) is 6.23. The maximum Gasteiger partial charge on any atom is 0.269 e. The summed E-state index contributed by atoms with van der Waals surface area (Å²) >= 11 is 8.46. The minimum atomic E-state index is -0.454. The number of thiocarbonyl (C=S) groups is 1. The number of nitrogens with one attached hydrogen (secondary N) is 4. The lowest BCUT2D eigenvalue weighted by atomic mass is 10.1. The molecule has 8 nitrogen and oxygen atoms in total. The van der Waals surface area contributed by atoms with Crippen molar-refractivity contribution in [3.05, 3.63) is 58.1 Å². The van der Waals surface area contributed by atoms with Crippen LogP contribution in [0.4, 0.5) is 5.69 Å². The van der Waals surface area contributed by atoms with E-state index in [0.29, 0.717) is 33.5 Å². The molecule has 0 heterocycles. The average Bonchev–Trinajstić information content (AvgIpc) is 2.73. The molecule has 0 fully saturated rings. The molecule has 4 N–H and O–H groups in total. The molecule has 0 saturated heterocycles. The number of amides is 3. The molecule has 0 aliphatic heterocycles. The third-order valence-corrected chi connectivity index (χ3v) is 4.92. The number of hydrogen-bond acceptors (Lipinski definition) is 5. The number of anilines is 1. The number of carbonyl (C=O) groups excluding carboxylic acids is 3. The highest BCUT2D eigenvalue weighted by atomic mass is 79.9. The molecular weight excluding hydrogens is 508 g/mol. The quantitative estimate of drug-likeness (QED) is 0.313. The normalized spacial score (nSPS) is 10.5. The summed E-state index contributed by atoms with van der Waals surface area (Å²) in [5, 5.41) is 5.21. The Morgan fingerprint density at radius 3 is 2.15 bits per heavy atom. The zero-order chi connectivity index (χ0) is 24.5. The van der Waals surface area contributed by atoms with Gasteiger partial charge in [0, 0.05) is 23.2 Å². The molecule has 33 heavy (non-hydrogen) atoms. The standard InChI is InChI=1S/C23H27BrN4O4S/c1-13(2)11-20(29)25-17-8-5-15(6-9-17)22(31)27-28-23(33)26-21(30)16-7-10-19(18(24)12-16)32-14(3)4/h5-10,12-14H,11H2,1-4H3,(H,25,29)(H,27,31)(H2,26,28,30,33). The van der Waals surface area contributed by atoms with E-state index in [2.05, 4.69) is 37.4 Å². The Labute approximate surface area is 206 Å². The Morgan fingerprint density at radius 1 is 0.939 bits per heavy atom. The number of ether oxygens (including phenoxy) is 1. The van der Waals surface area contributed by atoms with E-state index in [-0.39, 0.29) is 23.0 Å². The fourth-order valence-electron chi connectivity index (χ4n) is 2.67. The molecule has 0 unspecified atom stereocenters. The van der Waals surface area contributed by atoms with Crippen LogP contribution in [0.25, 0.3) is 0 Å². The first-order valence-corrected chi connectivity index (χ1v) is 11.5. The maximum absolute atomic E-state index is 12.4. The molecule has 0 aliphatic rings. The SMILES string of the molecule is CC(C)CC(=O)Nc1ccc(C(=O)NNC(=S)NC(=O)c2ccc(OC(C)C)c(Br)c2)cc1. The molecule has 2 rings (SSSR count). The molecule has 176 valence electrons. The molecule has 2 aromatic rings. The van der Waals surface area contributed by atoms with E-state index in [9.17, 15) is 14.4 Å². The molecule has 0 atom stereocenters. The summed E-state index contributed by atoms with van der Waals surface area (Å²) in [7, 11) is 0. The summed E-state index contributed by atoms with van der Waals surface area (Å²) in [5.74, 6) is -0.103. The van der Waals surface area contributed by atoms with Crippen molar-refractivity contribution < 1.29 is 19.1 Å². The molecule has 0 radical (unpaired) electrons. The Bertz CT molecular complexity index is 1030. The van der Waals surface area contributed by atoms with Crippen LogP contribution in [0, 0.1) is 5.92 Å². The van der Waals surface area contributed by atoms with Crippen LogP contribution in [0.15, 0.2) is 46.9 Å². The van der Waals surface area contributed by atoms with Gasteiger partial charge in [0.05, 0.1) is 10.6 Å². The van der Waals surface area contributed by atoms with E-state index < -0.39 is 11.8 Å². The van der Waals surface area contributed by atoms with E-state index in [1.54, 1.807) is 42.5 Å². The van der Waals surface area contributed by atoms with Gasteiger partial charge in [0.15, 0.2) is 5.11 Å². The fraction of sp³-hybridized carbons (Fsp3) is 0.304. The first-order chi connectivity index (χ1) is 15.5. The third-order valence-electron chi connectivity index (χ3n) is 4.10. The van der Waals surface area contributed by atoms with Crippen molar-refractivity contribution in [3.8, 4) is 5.75 Å². The molecule has 0 aromatic heterocycles. The minimum Gasteiger partial charge on any atom is -0.490 e. The Morgan fingerprint density at radius 2 is 1.58 bits per heavy atom. The highest BCUT2D eigenvalue weighted by Crippen LogP contribution is 2.26. The van der Waals surface area contributed by atoms with Crippen LogP contribution in [0.1, 0.15) is 54.8 Å². The Kier molecular flexibility index (Phi) is 9.80. The molecule has 10 heteroatoms. The number of halogens is 1. The van der Waals surface area contributed by atoms with E-state index >= 15 is 0 Å². The van der Waals surface area contributed by atoms with Gasteiger partial charge in [-0.1, -0.05) is 13.8 Å². The van der Waals surface area contributed by atoms with Gasteiger partial charge >= 0.3 is 0 Å². The van der Waals surface area contributed by atoms with Crippen LogP contribution in [-0.2, 0) is 4.79 Å². The topological polar surface area (TPSA) is 109 Å². The van der Waals surface area contributed by atoms with Crippen molar-refractivity contribution in [2.24, 2.45) is 5.92 Å². The lowest BCUT2D eigenvalue weighted by Gasteiger charge is -2.13. The second-order valence-electron chi connectivity index (χ2n) is 7.90. The number of rotatable bonds is 7. The molecule has 2 aromatic carbocycles. The molecule has 0 bridgehead atoms. The van der Waals surface area contributed by atoms with E-state index in [1.165, 1.54) is 0 Å². The number of hydrogen-bond donors (Lipinski definition) is 4. The monoisotopic (exact) mass is 534 g/mol. The van der Waals surface area contributed by atoms with Gasteiger partial charge in [-0.25, -0.2) is 0 Å². The van der Waals surface area contributed by atoms with Crippen molar-refractivity contribution in [1.82, 2.24) is 16.2 Å². The molecule has 3 amide bonds. The largest absolute Gasteiger partial charge is 0.490 e. The van der Waals surface area contributed by atoms with Crippen molar-refractivity contribution in [3.63, 3.8) is 0 Å². The van der Waals surface area contributed by atoms with Crippen LogP contribution in [0.2, 0.25) is 0 Å². The van der Waals surface area contributed by atoms with Crippen molar-refractivity contribution in [2.45, 2.75) is 40.2 Å². The number of hydrazine groups is 1. The second-order valence-corrected chi connectivity index (χ2v) is 9.16. The van der Waals surface area contributed by atoms with Gasteiger partial charge in [0.2, 0.25) is 5.91 Å². The summed E-state index contributed by atoms with van der Waals surface area (Å²) < 4.78 is 6.26. The smallest absolute Gasteiger partial charge is 0.269 e. The van der Waals surface area contributed by atoms with E-state index in [4.69, 9.17) is 17.0 Å². The number of carbonyl (C=O) groups is 3. The summed E-state index contributed by atoms with van der Waals surface area (Å²) in [6.45, 7) is 7.74. The van der Waals surface area contributed by atoms with Crippen LogP contribution >= 0.6 is 28.1 Å². The highest BCUT2D eigenvalue weighted by molar-refractivity contribution is 9.10. The highest BCUT2D eigenvalue weighted by Gasteiger charge is 2.13. The average molecular weight is 535 g/mol. The van der Waals surface area contributed by atoms with Gasteiger partial charge in [-0.2, -0.15) is 0 Å². The first kappa shape index (κ1) is 26.3. The number of benzene rings is 2. The van der Waals surface area contributed by atoms with E-state index in [0.717, 1.165) is 0 Å². The predicted octanol–water partition coefficient (Wildman–Crippen LogP) is 4.17. The van der Waals surface area contributed by atoms with Crippen LogP contribution in [0.5, 0.6) is 5.75 Å². The molecule has 0 spiro atoms. The van der Waals surface area contributed by atoms with Crippen molar-refractivity contribution >= 4 is 56.7 Å². The maximum atomic E-state index is 12.4. The summed E-state index contributed by atoms with van der Waals surface area (Å²) in [6.07, 6.45) is 0.420. The summed E-state index contributed by atoms with van der Waals surface area (Å²) in [6, 6.07) is 11.3. The van der Waals surface area contributed by atoms with Crippen molar-refractivity contribution in [1.29, 1.82) is 0 Å². The first-order valence-electron chi connectivity index (χ1n) is 10.3. The van der Waals surface area contributed by atoms with Gasteiger partial charge < -0.3 is 10.1 Å². The summed E-state index contributed by atoms with van der Waals surface area (Å²) in [4.78, 5) is 36.5. The fourth-order valence-corrected chi connectivity index (χ4v) is 3.29. The van der Waals surface area contributed by atoms with Crippen LogP contribution < -0.4 is 26.2 Å². The van der Waals surface area contributed by atoms with Gasteiger partial charge in [0.25, 0.3) is 11.8 Å².